The zero-order chi connectivity index (χ0) is 15.8. The molecule has 21 heavy (non-hydrogen) atoms. The van der Waals surface area contributed by atoms with Crippen molar-refractivity contribution >= 4 is 21.2 Å². The van der Waals surface area contributed by atoms with Gasteiger partial charge in [0.15, 0.2) is 21.4 Å². The molecule has 2 rings (SSSR count). The summed E-state index contributed by atoms with van der Waals surface area (Å²) in [5.41, 5.74) is 6.80. The van der Waals surface area contributed by atoms with Gasteiger partial charge in [-0.15, -0.1) is 0 Å². The number of ether oxygens (including phenoxy) is 1. The molecule has 0 amide bonds. The van der Waals surface area contributed by atoms with Gasteiger partial charge in [-0.2, -0.15) is 0 Å². The normalized spacial score (nSPS) is 21.6. The highest BCUT2D eigenvalue weighted by Crippen LogP contribution is 2.34. The highest BCUT2D eigenvalue weighted by atomic mass is 32.2. The Labute approximate surface area is 124 Å². The predicted molar refractivity (Wildman–Crippen MR) is 82.0 cm³/mol. The van der Waals surface area contributed by atoms with Gasteiger partial charge in [0, 0.05) is 24.7 Å². The Hall–Kier alpha value is -1.50. The van der Waals surface area contributed by atoms with Crippen molar-refractivity contribution < 1.29 is 17.5 Å². The Morgan fingerprint density at radius 1 is 1.43 bits per heavy atom. The van der Waals surface area contributed by atoms with Crippen LogP contribution in [0.25, 0.3) is 0 Å². The monoisotopic (exact) mass is 316 g/mol. The fourth-order valence-corrected chi connectivity index (χ4v) is 4.06. The Morgan fingerprint density at radius 2 is 2.10 bits per heavy atom. The summed E-state index contributed by atoms with van der Waals surface area (Å²) in [6, 6.07) is 2.57. The molecular formula is C14H21FN2O3S. The lowest BCUT2D eigenvalue weighted by molar-refractivity contribution is 0.231. The fourth-order valence-electron chi connectivity index (χ4n) is 2.51. The molecule has 1 heterocycles. The van der Waals surface area contributed by atoms with Crippen molar-refractivity contribution in [2.75, 3.05) is 28.7 Å². The molecule has 2 N–H and O–H groups in total. The smallest absolute Gasteiger partial charge is 0.167 e. The lowest BCUT2D eigenvalue weighted by Crippen LogP contribution is -2.47. The van der Waals surface area contributed by atoms with Gasteiger partial charge in [-0.1, -0.05) is 0 Å². The minimum Gasteiger partial charge on any atom is -0.488 e. The average Bonchev–Trinajstić information content (AvgIpc) is 2.32. The van der Waals surface area contributed by atoms with Gasteiger partial charge in [0.05, 0.1) is 29.0 Å². The lowest BCUT2D eigenvalue weighted by atomic mass is 10.2. The first-order chi connectivity index (χ1) is 9.69. The molecule has 0 spiro atoms. The summed E-state index contributed by atoms with van der Waals surface area (Å²) in [4.78, 5) is 1.89. The molecule has 7 heteroatoms. The molecule has 1 fully saturated rings. The third-order valence-corrected chi connectivity index (χ3v) is 5.22. The van der Waals surface area contributed by atoms with E-state index in [-0.39, 0.29) is 35.1 Å². The van der Waals surface area contributed by atoms with Crippen LogP contribution in [-0.4, -0.2) is 38.6 Å². The van der Waals surface area contributed by atoms with Gasteiger partial charge in [-0.25, -0.2) is 12.8 Å². The SMILES string of the molecule is CC(C)Oc1cc(N2CCS(=O)(=O)CC2C)c(N)cc1F. The molecule has 0 bridgehead atoms. The number of sulfone groups is 1. The number of nitrogen functional groups attached to an aromatic ring is 1. The van der Waals surface area contributed by atoms with Gasteiger partial charge < -0.3 is 15.4 Å². The van der Waals surface area contributed by atoms with Crippen LogP contribution >= 0.6 is 0 Å². The summed E-state index contributed by atoms with van der Waals surface area (Å²) in [6.07, 6.45) is -0.157. The van der Waals surface area contributed by atoms with Gasteiger partial charge in [-0.3, -0.25) is 0 Å². The Kier molecular flexibility index (Phi) is 4.32. The number of benzene rings is 1. The molecule has 1 unspecified atom stereocenters. The van der Waals surface area contributed by atoms with E-state index in [0.717, 1.165) is 0 Å². The van der Waals surface area contributed by atoms with Gasteiger partial charge in [-0.05, 0) is 20.8 Å². The standard InChI is InChI=1S/C14H21FN2O3S/c1-9(2)20-14-7-13(12(16)6-11(14)15)17-4-5-21(18,19)8-10(17)3/h6-7,9-10H,4-5,8,16H2,1-3H3. The van der Waals surface area contributed by atoms with E-state index >= 15 is 0 Å². The third kappa shape index (κ3) is 3.58. The predicted octanol–water partition coefficient (Wildman–Crippen LogP) is 1.82. The second-order valence-corrected chi connectivity index (χ2v) is 7.89. The molecule has 0 aliphatic carbocycles. The van der Waals surface area contributed by atoms with Gasteiger partial charge in [0.25, 0.3) is 0 Å². The van der Waals surface area contributed by atoms with Gasteiger partial charge in [0.1, 0.15) is 0 Å². The molecule has 118 valence electrons. The van der Waals surface area contributed by atoms with E-state index in [2.05, 4.69) is 0 Å². The molecule has 5 nitrogen and oxygen atoms in total. The molecule has 1 atom stereocenters. The zero-order valence-corrected chi connectivity index (χ0v) is 13.3. The van der Waals surface area contributed by atoms with Gasteiger partial charge >= 0.3 is 0 Å². The summed E-state index contributed by atoms with van der Waals surface area (Å²) >= 11 is 0. The number of anilines is 2. The Bertz CT molecular complexity index is 631. The first kappa shape index (κ1) is 15.9. The summed E-state index contributed by atoms with van der Waals surface area (Å²) in [5, 5.41) is 0. The van der Waals surface area contributed by atoms with Crippen molar-refractivity contribution in [3.63, 3.8) is 0 Å². The van der Waals surface area contributed by atoms with Crippen LogP contribution in [0.15, 0.2) is 12.1 Å². The molecule has 0 aromatic heterocycles. The van der Waals surface area contributed by atoms with E-state index in [1.165, 1.54) is 6.07 Å². The number of nitrogens with zero attached hydrogens (tertiary/aromatic N) is 1. The lowest BCUT2D eigenvalue weighted by Gasteiger charge is -2.36. The van der Waals surface area contributed by atoms with E-state index in [0.29, 0.717) is 12.2 Å². The van der Waals surface area contributed by atoms with Crippen LogP contribution in [0.1, 0.15) is 20.8 Å². The van der Waals surface area contributed by atoms with Crippen molar-refractivity contribution in [1.29, 1.82) is 0 Å². The van der Waals surface area contributed by atoms with Crippen molar-refractivity contribution in [1.82, 2.24) is 0 Å². The van der Waals surface area contributed by atoms with Crippen molar-refractivity contribution in [2.45, 2.75) is 32.9 Å². The van der Waals surface area contributed by atoms with Crippen LogP contribution in [-0.2, 0) is 9.84 Å². The van der Waals surface area contributed by atoms with Crippen LogP contribution in [0.2, 0.25) is 0 Å². The zero-order valence-electron chi connectivity index (χ0n) is 12.5. The first-order valence-corrected chi connectivity index (χ1v) is 8.74. The number of hydrogen-bond donors (Lipinski definition) is 1. The summed E-state index contributed by atoms with van der Waals surface area (Å²) in [5.74, 6) is -0.226. The fraction of sp³-hybridized carbons (Fsp3) is 0.571. The number of rotatable bonds is 3. The summed E-state index contributed by atoms with van der Waals surface area (Å²) in [7, 11) is -3.01. The maximum Gasteiger partial charge on any atom is 0.167 e. The van der Waals surface area contributed by atoms with E-state index in [4.69, 9.17) is 10.5 Å². The second kappa shape index (κ2) is 5.71. The van der Waals surface area contributed by atoms with E-state index in [9.17, 15) is 12.8 Å². The van der Waals surface area contributed by atoms with Crippen LogP contribution < -0.4 is 15.4 Å². The van der Waals surface area contributed by atoms with Gasteiger partial charge in [0.2, 0.25) is 0 Å². The summed E-state index contributed by atoms with van der Waals surface area (Å²) in [6.45, 7) is 5.79. The minimum atomic E-state index is -3.01. The van der Waals surface area contributed by atoms with E-state index in [1.807, 2.05) is 25.7 Å². The summed E-state index contributed by atoms with van der Waals surface area (Å²) < 4.78 is 42.6. The highest BCUT2D eigenvalue weighted by molar-refractivity contribution is 7.91. The van der Waals surface area contributed by atoms with Crippen LogP contribution in [0, 0.1) is 5.82 Å². The average molecular weight is 316 g/mol. The minimum absolute atomic E-state index is 0.0736. The molecule has 1 aliphatic heterocycles. The van der Waals surface area contributed by atoms with E-state index < -0.39 is 15.7 Å². The van der Waals surface area contributed by atoms with E-state index in [1.54, 1.807) is 6.07 Å². The molecule has 1 saturated heterocycles. The van der Waals surface area contributed by atoms with Crippen LogP contribution in [0.3, 0.4) is 0 Å². The highest BCUT2D eigenvalue weighted by Gasteiger charge is 2.30. The Balaban J connectivity index is 2.35. The second-order valence-electron chi connectivity index (χ2n) is 5.66. The van der Waals surface area contributed by atoms with Crippen molar-refractivity contribution in [3.05, 3.63) is 17.9 Å². The Morgan fingerprint density at radius 3 is 2.67 bits per heavy atom. The largest absolute Gasteiger partial charge is 0.488 e. The quantitative estimate of drug-likeness (QED) is 0.861. The first-order valence-electron chi connectivity index (χ1n) is 6.92. The number of hydrogen-bond acceptors (Lipinski definition) is 5. The molecule has 0 radical (unpaired) electrons. The number of nitrogens with two attached hydrogens (primary N) is 1. The topological polar surface area (TPSA) is 72.6 Å². The molecular weight excluding hydrogens is 295 g/mol. The van der Waals surface area contributed by atoms with Crippen LogP contribution in [0.5, 0.6) is 5.75 Å². The maximum atomic E-state index is 13.9. The molecule has 1 aliphatic rings. The third-order valence-electron chi connectivity index (χ3n) is 3.42. The van der Waals surface area contributed by atoms with Crippen molar-refractivity contribution in [2.24, 2.45) is 0 Å². The molecule has 1 aromatic carbocycles. The van der Waals surface area contributed by atoms with Crippen LogP contribution in [0.4, 0.5) is 15.8 Å². The maximum absolute atomic E-state index is 13.9. The molecule has 0 saturated carbocycles. The van der Waals surface area contributed by atoms with Crippen molar-refractivity contribution in [3.8, 4) is 5.75 Å². The number of halogens is 1. The molecule has 1 aromatic rings.